The quantitative estimate of drug-likeness (QED) is 0.488. The Hall–Kier alpha value is -2.89. The fraction of sp³-hybridized carbons (Fsp3) is 0.316. The van der Waals surface area contributed by atoms with Crippen molar-refractivity contribution in [3.63, 3.8) is 0 Å². The molecule has 1 saturated heterocycles. The number of amides is 2. The van der Waals surface area contributed by atoms with E-state index in [1.165, 1.54) is 17.2 Å². The lowest BCUT2D eigenvalue weighted by Crippen LogP contribution is -2.30. The summed E-state index contributed by atoms with van der Waals surface area (Å²) in [6.45, 7) is 0. The molecule has 1 aliphatic carbocycles. The minimum Gasteiger partial charge on any atom is -0.457 e. The van der Waals surface area contributed by atoms with Gasteiger partial charge in [0.05, 0.1) is 23.8 Å². The van der Waals surface area contributed by atoms with Crippen LogP contribution < -0.4 is 9.64 Å². The Morgan fingerprint density at radius 3 is 2.20 bits per heavy atom. The molecule has 1 aromatic carbocycles. The monoisotopic (exact) mass is 339 g/mol. The van der Waals surface area contributed by atoms with Crippen LogP contribution in [-0.4, -0.2) is 17.8 Å². The van der Waals surface area contributed by atoms with E-state index < -0.39 is 5.97 Å². The second-order valence-corrected chi connectivity index (χ2v) is 6.37. The van der Waals surface area contributed by atoms with Gasteiger partial charge >= 0.3 is 5.97 Å². The summed E-state index contributed by atoms with van der Waals surface area (Å²) in [6, 6.07) is 9.50. The zero-order valence-electron chi connectivity index (χ0n) is 13.5. The highest BCUT2D eigenvalue weighted by molar-refractivity contribution is 6.22. The number of carbonyl (C=O) groups is 3. The number of ether oxygens (including phenoxy) is 1. The molecule has 1 aliphatic heterocycles. The fourth-order valence-corrected chi connectivity index (χ4v) is 3.63. The highest BCUT2D eigenvalue weighted by Crippen LogP contribution is 2.40. The number of imide groups is 1. The Bertz CT molecular complexity index is 785. The molecular weight excluding hydrogens is 322 g/mol. The van der Waals surface area contributed by atoms with E-state index in [2.05, 4.69) is 0 Å². The number of fused-ring (bicyclic) bond motifs is 1. The molecule has 6 heteroatoms. The number of nitrogens with zero attached hydrogens (tertiary/aromatic N) is 1. The van der Waals surface area contributed by atoms with Gasteiger partial charge in [-0.15, -0.1) is 0 Å². The molecule has 4 rings (SSSR count). The molecule has 0 radical (unpaired) electrons. The van der Waals surface area contributed by atoms with E-state index in [0.29, 0.717) is 11.4 Å². The Balaban J connectivity index is 1.51. The molecule has 0 unspecified atom stereocenters. The van der Waals surface area contributed by atoms with Crippen molar-refractivity contribution in [1.82, 2.24) is 0 Å². The first-order chi connectivity index (χ1) is 12.1. The van der Waals surface area contributed by atoms with Gasteiger partial charge in [-0.2, -0.15) is 0 Å². The lowest BCUT2D eigenvalue weighted by molar-refractivity contribution is -0.122. The van der Waals surface area contributed by atoms with E-state index in [1.54, 1.807) is 30.3 Å². The SMILES string of the molecule is O=C(Oc1ccc(N2C(=O)[C@@H]3CCCC[C@H]3C2=O)cc1)c1ccco1. The number of benzene rings is 1. The molecule has 2 aliphatic rings. The lowest BCUT2D eigenvalue weighted by Gasteiger charge is -2.19. The first kappa shape index (κ1) is 15.6. The van der Waals surface area contributed by atoms with Gasteiger partial charge in [0.1, 0.15) is 5.75 Å². The average Bonchev–Trinajstić information content (AvgIpc) is 3.25. The van der Waals surface area contributed by atoms with Gasteiger partial charge in [0, 0.05) is 0 Å². The Kier molecular flexibility index (Phi) is 3.87. The Morgan fingerprint density at radius 2 is 1.64 bits per heavy atom. The third-order valence-corrected chi connectivity index (χ3v) is 4.87. The first-order valence-electron chi connectivity index (χ1n) is 8.39. The Morgan fingerprint density at radius 1 is 1.00 bits per heavy atom. The summed E-state index contributed by atoms with van der Waals surface area (Å²) in [5, 5.41) is 0. The van der Waals surface area contributed by atoms with Gasteiger partial charge in [0.2, 0.25) is 17.6 Å². The Labute approximate surface area is 144 Å². The van der Waals surface area contributed by atoms with Gasteiger partial charge in [-0.25, -0.2) is 4.79 Å². The van der Waals surface area contributed by atoms with Crippen LogP contribution >= 0.6 is 0 Å². The third kappa shape index (κ3) is 2.73. The number of anilines is 1. The van der Waals surface area contributed by atoms with Crippen molar-refractivity contribution in [2.75, 3.05) is 4.90 Å². The smallest absolute Gasteiger partial charge is 0.379 e. The molecule has 0 bridgehead atoms. The molecule has 25 heavy (non-hydrogen) atoms. The summed E-state index contributed by atoms with van der Waals surface area (Å²) in [5.41, 5.74) is 0.516. The average molecular weight is 339 g/mol. The van der Waals surface area contributed by atoms with Crippen molar-refractivity contribution < 1.29 is 23.5 Å². The predicted octanol–water partition coefficient (Wildman–Crippen LogP) is 3.18. The van der Waals surface area contributed by atoms with Crippen LogP contribution in [-0.2, 0) is 9.59 Å². The van der Waals surface area contributed by atoms with E-state index in [9.17, 15) is 14.4 Å². The van der Waals surface area contributed by atoms with E-state index in [-0.39, 0.29) is 29.4 Å². The van der Waals surface area contributed by atoms with Gasteiger partial charge in [-0.1, -0.05) is 12.8 Å². The molecule has 2 atom stereocenters. The van der Waals surface area contributed by atoms with E-state index in [4.69, 9.17) is 9.15 Å². The molecule has 1 saturated carbocycles. The third-order valence-electron chi connectivity index (χ3n) is 4.87. The van der Waals surface area contributed by atoms with Gasteiger partial charge in [-0.05, 0) is 49.2 Å². The van der Waals surface area contributed by atoms with Crippen LogP contribution in [0, 0.1) is 11.8 Å². The van der Waals surface area contributed by atoms with Crippen LogP contribution in [0.2, 0.25) is 0 Å². The van der Waals surface area contributed by atoms with Crippen molar-refractivity contribution >= 4 is 23.5 Å². The summed E-state index contributed by atoms with van der Waals surface area (Å²) < 4.78 is 10.2. The second-order valence-electron chi connectivity index (χ2n) is 6.37. The van der Waals surface area contributed by atoms with E-state index >= 15 is 0 Å². The highest BCUT2D eigenvalue weighted by atomic mass is 16.5. The fourth-order valence-electron chi connectivity index (χ4n) is 3.63. The van der Waals surface area contributed by atoms with Gasteiger partial charge < -0.3 is 9.15 Å². The minimum atomic E-state index is -0.600. The zero-order valence-corrected chi connectivity index (χ0v) is 13.5. The van der Waals surface area contributed by atoms with Crippen LogP contribution in [0.1, 0.15) is 36.2 Å². The van der Waals surface area contributed by atoms with Crippen molar-refractivity contribution in [3.05, 3.63) is 48.4 Å². The largest absolute Gasteiger partial charge is 0.457 e. The molecule has 0 N–H and O–H groups in total. The van der Waals surface area contributed by atoms with Crippen LogP contribution in [0.15, 0.2) is 47.1 Å². The van der Waals surface area contributed by atoms with Crippen LogP contribution in [0.3, 0.4) is 0 Å². The number of hydrogen-bond acceptors (Lipinski definition) is 5. The number of rotatable bonds is 3. The van der Waals surface area contributed by atoms with Gasteiger partial charge in [-0.3, -0.25) is 14.5 Å². The summed E-state index contributed by atoms with van der Waals surface area (Å²) >= 11 is 0. The molecule has 2 aromatic rings. The van der Waals surface area contributed by atoms with Crippen molar-refractivity contribution in [2.45, 2.75) is 25.7 Å². The molecular formula is C19H17NO5. The normalized spacial score (nSPS) is 22.8. The highest BCUT2D eigenvalue weighted by Gasteiger charge is 2.48. The second kappa shape index (κ2) is 6.20. The van der Waals surface area contributed by atoms with Crippen LogP contribution in [0.25, 0.3) is 0 Å². The van der Waals surface area contributed by atoms with Crippen LogP contribution in [0.5, 0.6) is 5.75 Å². The van der Waals surface area contributed by atoms with Crippen molar-refractivity contribution in [3.8, 4) is 5.75 Å². The standard InChI is InChI=1S/C19H17NO5/c21-17-14-4-1-2-5-15(14)18(22)20(17)12-7-9-13(10-8-12)25-19(23)16-6-3-11-24-16/h3,6-11,14-15H,1-2,4-5H2/t14-,15-/m1/s1. The maximum Gasteiger partial charge on any atom is 0.379 e. The lowest BCUT2D eigenvalue weighted by atomic mass is 9.81. The molecule has 2 amide bonds. The number of carbonyl (C=O) groups excluding carboxylic acids is 3. The maximum absolute atomic E-state index is 12.6. The van der Waals surface area contributed by atoms with Gasteiger partial charge in [0.15, 0.2) is 0 Å². The van der Waals surface area contributed by atoms with Crippen LogP contribution in [0.4, 0.5) is 5.69 Å². The number of hydrogen-bond donors (Lipinski definition) is 0. The predicted molar refractivity (Wildman–Crippen MR) is 88.0 cm³/mol. The van der Waals surface area contributed by atoms with E-state index in [1.807, 2.05) is 0 Å². The van der Waals surface area contributed by atoms with Gasteiger partial charge in [0.25, 0.3) is 0 Å². The topological polar surface area (TPSA) is 76.8 Å². The minimum absolute atomic E-state index is 0.109. The molecule has 2 fully saturated rings. The number of furan rings is 1. The van der Waals surface area contributed by atoms with Crippen molar-refractivity contribution in [1.29, 1.82) is 0 Å². The molecule has 1 aromatic heterocycles. The number of esters is 1. The summed E-state index contributed by atoms with van der Waals surface area (Å²) in [5.74, 6) is -0.766. The molecule has 0 spiro atoms. The van der Waals surface area contributed by atoms with Crippen molar-refractivity contribution in [2.24, 2.45) is 11.8 Å². The molecule has 128 valence electrons. The zero-order chi connectivity index (χ0) is 17.4. The molecule has 2 heterocycles. The van der Waals surface area contributed by atoms with E-state index in [0.717, 1.165) is 25.7 Å². The summed E-state index contributed by atoms with van der Waals surface area (Å²) in [7, 11) is 0. The molecule has 6 nitrogen and oxygen atoms in total. The maximum atomic E-state index is 12.6. The first-order valence-corrected chi connectivity index (χ1v) is 8.39. The summed E-state index contributed by atoms with van der Waals surface area (Å²) in [6.07, 6.45) is 4.95. The summed E-state index contributed by atoms with van der Waals surface area (Å²) in [4.78, 5) is 38.3.